The first-order valence-electron chi connectivity index (χ1n) is 10.3. The van der Waals surface area contributed by atoms with Crippen molar-refractivity contribution < 1.29 is 22.1 Å². The first-order chi connectivity index (χ1) is 14.6. The minimum atomic E-state index is -4.00. The molecule has 3 rings (SSSR count). The van der Waals surface area contributed by atoms with E-state index in [0.717, 1.165) is 10.4 Å². The highest BCUT2D eigenvalue weighted by Gasteiger charge is 2.53. The Morgan fingerprint density at radius 3 is 2.13 bits per heavy atom. The van der Waals surface area contributed by atoms with Crippen LogP contribution in [0.2, 0.25) is 5.04 Å². The Hall–Kier alpha value is -1.81. The van der Waals surface area contributed by atoms with Crippen LogP contribution in [0.4, 0.5) is 0 Å². The van der Waals surface area contributed by atoms with Gasteiger partial charge in [0.1, 0.15) is 6.10 Å². The lowest BCUT2D eigenvalue weighted by Crippen LogP contribution is -2.71. The van der Waals surface area contributed by atoms with E-state index in [2.05, 4.69) is 56.3 Å². The highest BCUT2D eigenvalue weighted by Crippen LogP contribution is 2.38. The summed E-state index contributed by atoms with van der Waals surface area (Å²) in [5, 5.41) is 12.6. The van der Waals surface area contributed by atoms with Gasteiger partial charge in [0.05, 0.1) is 18.8 Å². The summed E-state index contributed by atoms with van der Waals surface area (Å²) in [6.45, 7) is 9.85. The van der Waals surface area contributed by atoms with Gasteiger partial charge in [0.15, 0.2) is 0 Å². The van der Waals surface area contributed by atoms with E-state index in [-0.39, 0.29) is 24.7 Å². The predicted octanol–water partition coefficient (Wildman–Crippen LogP) is 2.10. The monoisotopic (exact) mass is 461 g/mol. The van der Waals surface area contributed by atoms with Crippen molar-refractivity contribution in [1.29, 1.82) is 0 Å². The molecule has 0 unspecified atom stereocenters. The van der Waals surface area contributed by atoms with Crippen molar-refractivity contribution in [2.75, 3.05) is 13.2 Å². The van der Waals surface area contributed by atoms with Gasteiger partial charge in [-0.05, 0) is 21.8 Å². The maximum absolute atomic E-state index is 12.2. The van der Waals surface area contributed by atoms with Gasteiger partial charge in [-0.1, -0.05) is 87.5 Å². The van der Waals surface area contributed by atoms with Gasteiger partial charge in [0, 0.05) is 0 Å². The molecule has 1 aliphatic rings. The Labute approximate surface area is 186 Å². The van der Waals surface area contributed by atoms with Crippen LogP contribution in [0.1, 0.15) is 27.2 Å². The van der Waals surface area contributed by atoms with Crippen molar-refractivity contribution in [3.8, 4) is 0 Å². The average Bonchev–Trinajstić information content (AvgIpc) is 2.72. The van der Waals surface area contributed by atoms with Gasteiger partial charge < -0.3 is 9.53 Å². The third-order valence-corrected chi connectivity index (χ3v) is 11.9. The molecular weight excluding hydrogens is 430 g/mol. The molecule has 8 heteroatoms. The SMILES string of the molecule is C=CC[C@]1(CO[Si](c2ccccc2)(c2ccccc2)C(C)(C)C)NS(=O)(=O)OC[C@@H]1O. The number of nitrogens with one attached hydrogen (secondary N) is 1. The Bertz CT molecular complexity index is 952. The summed E-state index contributed by atoms with van der Waals surface area (Å²) in [6.07, 6.45) is 0.716. The van der Waals surface area contributed by atoms with Crippen molar-refractivity contribution >= 4 is 29.0 Å². The number of hydrogen-bond donors (Lipinski definition) is 2. The van der Waals surface area contributed by atoms with Gasteiger partial charge >= 0.3 is 10.3 Å². The van der Waals surface area contributed by atoms with E-state index >= 15 is 0 Å². The van der Waals surface area contributed by atoms with E-state index in [4.69, 9.17) is 8.61 Å². The Morgan fingerprint density at radius 2 is 1.68 bits per heavy atom. The standard InChI is InChI=1S/C23H31NO5SSi/c1-5-16-23(21(25)17-28-30(26,27)24-23)18-29-31(22(2,3)4,19-12-8-6-9-13-19)20-14-10-7-11-15-20/h5-15,21,24-25H,1,16-18H2,2-4H3/t21-,23+/m0/s1. The van der Waals surface area contributed by atoms with Gasteiger partial charge in [-0.3, -0.25) is 4.18 Å². The average molecular weight is 462 g/mol. The molecule has 2 N–H and O–H groups in total. The molecule has 6 nitrogen and oxygen atoms in total. The van der Waals surface area contributed by atoms with Gasteiger partial charge in [-0.15, -0.1) is 6.58 Å². The number of aliphatic hydroxyl groups excluding tert-OH is 1. The summed E-state index contributed by atoms with van der Waals surface area (Å²) in [6, 6.07) is 20.1. The van der Waals surface area contributed by atoms with Crippen LogP contribution < -0.4 is 15.1 Å². The van der Waals surface area contributed by atoms with Crippen molar-refractivity contribution in [3.63, 3.8) is 0 Å². The molecule has 31 heavy (non-hydrogen) atoms. The normalized spacial score (nSPS) is 23.9. The molecule has 0 saturated carbocycles. The zero-order chi connectivity index (χ0) is 22.8. The molecule has 0 aromatic heterocycles. The van der Waals surface area contributed by atoms with Crippen molar-refractivity contribution in [1.82, 2.24) is 4.72 Å². The van der Waals surface area contributed by atoms with E-state index < -0.39 is 30.3 Å². The Kier molecular flexibility index (Phi) is 6.90. The predicted molar refractivity (Wildman–Crippen MR) is 125 cm³/mol. The Balaban J connectivity index is 2.13. The van der Waals surface area contributed by atoms with Crippen LogP contribution in [-0.2, 0) is 18.9 Å². The molecule has 168 valence electrons. The topological polar surface area (TPSA) is 84.9 Å². The van der Waals surface area contributed by atoms with Crippen molar-refractivity contribution in [3.05, 3.63) is 73.3 Å². The number of benzene rings is 2. The molecule has 2 aromatic carbocycles. The zero-order valence-corrected chi connectivity index (χ0v) is 20.1. The third kappa shape index (κ3) is 4.69. The summed E-state index contributed by atoms with van der Waals surface area (Å²) in [4.78, 5) is 0. The number of hydrogen-bond acceptors (Lipinski definition) is 5. The van der Waals surface area contributed by atoms with E-state index in [1.807, 2.05) is 36.4 Å². The lowest BCUT2D eigenvalue weighted by molar-refractivity contribution is -0.0102. The molecular formula is C23H31NO5SSi. The minimum absolute atomic E-state index is 0.0178. The molecule has 1 aliphatic heterocycles. The van der Waals surface area contributed by atoms with Gasteiger partial charge in [0.2, 0.25) is 0 Å². The summed E-state index contributed by atoms with van der Waals surface area (Å²) < 4.78 is 38.6. The highest BCUT2D eigenvalue weighted by molar-refractivity contribution is 7.84. The Morgan fingerprint density at radius 1 is 1.16 bits per heavy atom. The van der Waals surface area contributed by atoms with E-state index in [1.54, 1.807) is 6.08 Å². The van der Waals surface area contributed by atoms with Gasteiger partial charge in [-0.25, -0.2) is 0 Å². The van der Waals surface area contributed by atoms with E-state index in [9.17, 15) is 13.5 Å². The van der Waals surface area contributed by atoms with Crippen LogP contribution in [0.25, 0.3) is 0 Å². The van der Waals surface area contributed by atoms with Gasteiger partial charge in [0.25, 0.3) is 8.32 Å². The highest BCUT2D eigenvalue weighted by atomic mass is 32.2. The molecule has 1 fully saturated rings. The first kappa shape index (κ1) is 23.8. The fourth-order valence-electron chi connectivity index (χ4n) is 4.28. The third-order valence-electron chi connectivity index (χ3n) is 5.82. The molecule has 0 spiro atoms. The minimum Gasteiger partial charge on any atom is -0.405 e. The molecule has 2 aromatic rings. The smallest absolute Gasteiger partial charge is 0.336 e. The molecule has 2 atom stereocenters. The second kappa shape index (κ2) is 8.97. The second-order valence-corrected chi connectivity index (χ2v) is 14.6. The van der Waals surface area contributed by atoms with Crippen LogP contribution in [0.15, 0.2) is 73.3 Å². The number of aliphatic hydroxyl groups is 1. The number of rotatable bonds is 7. The van der Waals surface area contributed by atoms with Crippen molar-refractivity contribution in [2.45, 2.75) is 43.9 Å². The molecule has 0 bridgehead atoms. The zero-order valence-electron chi connectivity index (χ0n) is 18.2. The quantitative estimate of drug-likeness (QED) is 0.487. The molecule has 0 aliphatic carbocycles. The summed E-state index contributed by atoms with van der Waals surface area (Å²) in [7, 11) is -6.91. The first-order valence-corrected chi connectivity index (χ1v) is 13.6. The van der Waals surface area contributed by atoms with Crippen molar-refractivity contribution in [2.24, 2.45) is 0 Å². The summed E-state index contributed by atoms with van der Waals surface area (Å²) >= 11 is 0. The van der Waals surface area contributed by atoms with E-state index in [0.29, 0.717) is 0 Å². The molecule has 1 heterocycles. The van der Waals surface area contributed by atoms with Gasteiger partial charge in [-0.2, -0.15) is 13.1 Å². The van der Waals surface area contributed by atoms with Crippen LogP contribution in [0.3, 0.4) is 0 Å². The second-order valence-electron chi connectivity index (χ2n) is 8.96. The molecule has 0 radical (unpaired) electrons. The summed E-state index contributed by atoms with van der Waals surface area (Å²) in [5.41, 5.74) is -1.26. The lowest BCUT2D eigenvalue weighted by Gasteiger charge is -2.47. The summed E-state index contributed by atoms with van der Waals surface area (Å²) in [5.74, 6) is 0. The fourth-order valence-corrected chi connectivity index (χ4v) is 10.1. The van der Waals surface area contributed by atoms with Crippen LogP contribution >= 0.6 is 0 Å². The van der Waals surface area contributed by atoms with E-state index in [1.165, 1.54) is 0 Å². The largest absolute Gasteiger partial charge is 0.405 e. The maximum Gasteiger partial charge on any atom is 0.336 e. The lowest BCUT2D eigenvalue weighted by atomic mass is 9.91. The van der Waals surface area contributed by atoms with Crippen LogP contribution in [-0.4, -0.2) is 46.7 Å². The maximum atomic E-state index is 12.2. The van der Waals surface area contributed by atoms with Crippen LogP contribution in [0, 0.1) is 0 Å². The molecule has 0 amide bonds. The fraction of sp³-hybridized carbons (Fsp3) is 0.391. The molecule has 1 saturated heterocycles. The van der Waals surface area contributed by atoms with Crippen LogP contribution in [0.5, 0.6) is 0 Å².